The van der Waals surface area contributed by atoms with Crippen LogP contribution in [0.25, 0.3) is 5.69 Å². The van der Waals surface area contributed by atoms with E-state index in [1.54, 1.807) is 36.5 Å². The Morgan fingerprint density at radius 1 is 1.11 bits per heavy atom. The van der Waals surface area contributed by atoms with Gasteiger partial charge in [-0.05, 0) is 72.9 Å². The van der Waals surface area contributed by atoms with E-state index in [1.807, 2.05) is 46.0 Å². The minimum Gasteiger partial charge on any atom is -0.495 e. The van der Waals surface area contributed by atoms with Crippen LogP contribution in [0.4, 0.5) is 15.8 Å². The molecule has 0 radical (unpaired) electrons. The fraction of sp³-hybridized carbons (Fsp3) is 0.154. The molecule has 5 rings (SSSR count). The van der Waals surface area contributed by atoms with Gasteiger partial charge < -0.3 is 19.5 Å². The summed E-state index contributed by atoms with van der Waals surface area (Å²) in [5, 5.41) is 3.81. The van der Waals surface area contributed by atoms with Crippen LogP contribution in [0.1, 0.15) is 23.5 Å². The Labute approximate surface area is 230 Å². The number of sulfonamides is 1. The molecule has 2 aromatic heterocycles. The zero-order chi connectivity index (χ0) is 27.0. The van der Waals surface area contributed by atoms with Crippen molar-refractivity contribution >= 4 is 50.3 Å². The van der Waals surface area contributed by atoms with Gasteiger partial charge in [0, 0.05) is 29.5 Å². The first-order valence-electron chi connectivity index (χ1n) is 11.5. The molecular formula is C26H23ClFN5O3S2. The number of aromatic nitrogens is 2. The van der Waals surface area contributed by atoms with Gasteiger partial charge in [0.05, 0.1) is 35.8 Å². The number of anilines is 2. The SMILES string of the molecule is COc1ccc(N2C(=S)N[C@@H](c3ccccn3)[C@@H]2c2cccn2-c2ccc(F)c(Cl)c2)cc1NS(C)(=O)=O. The first-order chi connectivity index (χ1) is 18.2. The number of hydrogen-bond acceptors (Lipinski definition) is 5. The molecule has 4 aromatic rings. The number of ether oxygens (including phenoxy) is 1. The topological polar surface area (TPSA) is 88.5 Å². The number of pyridine rings is 1. The zero-order valence-electron chi connectivity index (χ0n) is 20.3. The number of nitrogens with one attached hydrogen (secondary N) is 2. The molecule has 0 saturated carbocycles. The summed E-state index contributed by atoms with van der Waals surface area (Å²) in [7, 11) is -2.12. The van der Waals surface area contributed by atoms with Gasteiger partial charge in [-0.2, -0.15) is 0 Å². The van der Waals surface area contributed by atoms with Crippen LogP contribution in [0, 0.1) is 5.82 Å². The molecule has 0 bridgehead atoms. The zero-order valence-corrected chi connectivity index (χ0v) is 22.7. The summed E-state index contributed by atoms with van der Waals surface area (Å²) < 4.78 is 47.8. The predicted molar refractivity (Wildman–Crippen MR) is 150 cm³/mol. The molecule has 0 unspecified atom stereocenters. The smallest absolute Gasteiger partial charge is 0.229 e. The van der Waals surface area contributed by atoms with Gasteiger partial charge in [0.2, 0.25) is 10.0 Å². The summed E-state index contributed by atoms with van der Waals surface area (Å²) in [4.78, 5) is 6.47. The van der Waals surface area contributed by atoms with Crippen LogP contribution in [0.2, 0.25) is 5.02 Å². The lowest BCUT2D eigenvalue weighted by molar-refractivity contribution is 0.417. The molecule has 0 spiro atoms. The third-order valence-electron chi connectivity index (χ3n) is 6.12. The molecule has 3 heterocycles. The summed E-state index contributed by atoms with van der Waals surface area (Å²) in [5.74, 6) is -0.149. The average Bonchev–Trinajstić information content (AvgIpc) is 3.49. The molecular weight excluding hydrogens is 549 g/mol. The monoisotopic (exact) mass is 571 g/mol. The standard InChI is InChI=1S/C26H23ClFN5O3S2/c1-36-23-11-9-17(15-21(23)31-38(2,34)35)33-25(24(30-26(33)37)20-6-3-4-12-29-20)22-7-5-13-32(22)16-8-10-19(28)18(27)14-16/h3-15,24-25,31H,1-2H3,(H,30,37)/t24-,25-/m0/s1. The van der Waals surface area contributed by atoms with Crippen LogP contribution in [-0.2, 0) is 10.0 Å². The summed E-state index contributed by atoms with van der Waals surface area (Å²) in [6.07, 6.45) is 4.64. The van der Waals surface area contributed by atoms with Crippen molar-refractivity contribution in [2.75, 3.05) is 23.0 Å². The Morgan fingerprint density at radius 2 is 1.89 bits per heavy atom. The highest BCUT2D eigenvalue weighted by Crippen LogP contribution is 2.44. The van der Waals surface area contributed by atoms with Gasteiger partial charge in [-0.15, -0.1) is 0 Å². The van der Waals surface area contributed by atoms with Crippen molar-refractivity contribution in [1.82, 2.24) is 14.9 Å². The van der Waals surface area contributed by atoms with Crippen LogP contribution in [0.3, 0.4) is 0 Å². The van der Waals surface area contributed by atoms with Gasteiger partial charge >= 0.3 is 0 Å². The summed E-state index contributed by atoms with van der Waals surface area (Å²) in [6.45, 7) is 0. The van der Waals surface area contributed by atoms with E-state index in [9.17, 15) is 12.8 Å². The second-order valence-corrected chi connectivity index (χ2v) is 11.2. The van der Waals surface area contributed by atoms with Crippen LogP contribution in [0.15, 0.2) is 79.1 Å². The Balaban J connectivity index is 1.67. The lowest BCUT2D eigenvalue weighted by Gasteiger charge is -2.29. The van der Waals surface area contributed by atoms with Crippen LogP contribution >= 0.6 is 23.8 Å². The van der Waals surface area contributed by atoms with Gasteiger partial charge in [0.1, 0.15) is 17.6 Å². The highest BCUT2D eigenvalue weighted by atomic mass is 35.5. The molecule has 8 nitrogen and oxygen atoms in total. The van der Waals surface area contributed by atoms with Gasteiger partial charge in [0.15, 0.2) is 5.11 Å². The maximum absolute atomic E-state index is 13.9. The van der Waals surface area contributed by atoms with Gasteiger partial charge in [-0.1, -0.05) is 17.7 Å². The number of nitrogens with zero attached hydrogens (tertiary/aromatic N) is 3. The fourth-order valence-corrected chi connectivity index (χ4v) is 5.64. The van der Waals surface area contributed by atoms with E-state index in [0.717, 1.165) is 17.6 Å². The van der Waals surface area contributed by atoms with Crippen LogP contribution < -0.4 is 19.7 Å². The van der Waals surface area contributed by atoms with Crippen molar-refractivity contribution in [3.05, 3.63) is 101 Å². The summed E-state index contributed by atoms with van der Waals surface area (Å²) >= 11 is 11.9. The number of methoxy groups -OCH3 is 1. The van der Waals surface area contributed by atoms with E-state index in [1.165, 1.54) is 13.2 Å². The van der Waals surface area contributed by atoms with Crippen molar-refractivity contribution in [1.29, 1.82) is 0 Å². The molecule has 1 aliphatic heterocycles. The van der Waals surface area contributed by atoms with Crippen molar-refractivity contribution in [3.8, 4) is 11.4 Å². The summed E-state index contributed by atoms with van der Waals surface area (Å²) in [5.41, 5.74) is 3.15. The Hall–Kier alpha value is -3.67. The molecule has 2 aromatic carbocycles. The molecule has 196 valence electrons. The van der Waals surface area contributed by atoms with E-state index in [-0.39, 0.29) is 16.8 Å². The van der Waals surface area contributed by atoms with Crippen molar-refractivity contribution < 1.29 is 17.5 Å². The minimum atomic E-state index is -3.58. The number of rotatable bonds is 7. The van der Waals surface area contributed by atoms with E-state index in [2.05, 4.69) is 15.0 Å². The summed E-state index contributed by atoms with van der Waals surface area (Å²) in [6, 6.07) is 18.4. The maximum Gasteiger partial charge on any atom is 0.229 e. The van der Waals surface area contributed by atoms with E-state index >= 15 is 0 Å². The quantitative estimate of drug-likeness (QED) is 0.294. The molecule has 0 aliphatic carbocycles. The average molecular weight is 572 g/mol. The predicted octanol–water partition coefficient (Wildman–Crippen LogP) is 5.22. The Kier molecular flexibility index (Phi) is 6.99. The van der Waals surface area contributed by atoms with E-state index < -0.39 is 21.9 Å². The van der Waals surface area contributed by atoms with E-state index in [0.29, 0.717) is 22.2 Å². The Morgan fingerprint density at radius 3 is 2.58 bits per heavy atom. The van der Waals surface area contributed by atoms with Crippen molar-refractivity contribution in [2.45, 2.75) is 12.1 Å². The highest BCUT2D eigenvalue weighted by molar-refractivity contribution is 7.92. The van der Waals surface area contributed by atoms with Crippen molar-refractivity contribution in [2.24, 2.45) is 0 Å². The number of halogens is 2. The van der Waals surface area contributed by atoms with E-state index in [4.69, 9.17) is 28.6 Å². The molecule has 0 amide bonds. The largest absolute Gasteiger partial charge is 0.495 e. The molecule has 38 heavy (non-hydrogen) atoms. The fourth-order valence-electron chi connectivity index (χ4n) is 4.56. The van der Waals surface area contributed by atoms with Crippen LogP contribution in [0.5, 0.6) is 5.75 Å². The molecule has 2 N–H and O–H groups in total. The van der Waals surface area contributed by atoms with Gasteiger partial charge in [-0.3, -0.25) is 9.71 Å². The molecule has 1 saturated heterocycles. The third-order valence-corrected chi connectivity index (χ3v) is 7.31. The van der Waals surface area contributed by atoms with Gasteiger partial charge in [-0.25, -0.2) is 12.8 Å². The Bertz CT molecular complexity index is 1610. The first kappa shape index (κ1) is 26.0. The molecule has 1 fully saturated rings. The second-order valence-electron chi connectivity index (χ2n) is 8.66. The molecule has 1 aliphatic rings. The number of hydrogen-bond donors (Lipinski definition) is 2. The lowest BCUT2D eigenvalue weighted by Crippen LogP contribution is -2.30. The minimum absolute atomic E-state index is 0.00648. The van der Waals surface area contributed by atoms with Crippen molar-refractivity contribution in [3.63, 3.8) is 0 Å². The number of thiocarbonyl (C=S) groups is 1. The van der Waals surface area contributed by atoms with Crippen LogP contribution in [-0.4, -0.2) is 36.4 Å². The first-order valence-corrected chi connectivity index (χ1v) is 14.1. The lowest BCUT2D eigenvalue weighted by atomic mass is 10.0. The van der Waals surface area contributed by atoms with Gasteiger partial charge in [0.25, 0.3) is 0 Å². The maximum atomic E-state index is 13.9. The molecule has 2 atom stereocenters. The highest BCUT2D eigenvalue weighted by Gasteiger charge is 2.42. The molecule has 12 heteroatoms. The second kappa shape index (κ2) is 10.2. The third kappa shape index (κ3) is 5.04. The normalized spacial score (nSPS) is 17.4. The number of benzene rings is 2.